The average Bonchev–Trinajstić information content (AvgIpc) is 3.88. The highest BCUT2D eigenvalue weighted by atomic mass is 35.5. The molecule has 15 heteroatoms. The van der Waals surface area contributed by atoms with Gasteiger partial charge in [0.1, 0.15) is 11.0 Å². The van der Waals surface area contributed by atoms with Gasteiger partial charge in [0, 0.05) is 43.1 Å². The minimum Gasteiger partial charge on any atom is -0.352 e. The number of phosphoric acid groups is 1. The van der Waals surface area contributed by atoms with E-state index < -0.39 is 31.9 Å². The number of fused-ring (bicyclic) bond motifs is 2. The van der Waals surface area contributed by atoms with Crippen LogP contribution in [-0.2, 0) is 43.8 Å². The molecule has 3 aromatic carbocycles. The quantitative estimate of drug-likeness (QED) is 0.181. The van der Waals surface area contributed by atoms with Crippen LogP contribution in [0.25, 0.3) is 22.1 Å². The molecule has 45 heavy (non-hydrogen) atoms. The number of phosphoric ester groups is 1. The van der Waals surface area contributed by atoms with E-state index in [0.29, 0.717) is 58.7 Å². The number of nitrogens with zero attached hydrogens (tertiary/aromatic N) is 6. The van der Waals surface area contributed by atoms with Crippen molar-refractivity contribution in [3.05, 3.63) is 83.4 Å². The molecule has 4 atom stereocenters. The standard InChI is InChI=1S/C30H30ClN6O7P/c31-22-10-2-1-9-21(22)29(36-25-13-5-3-11-23(25)32-34-36)17-20-41-30(29,37-26-14-6-4-12-24(26)33-35-37)44-45(38,42-27-15-7-18-39-27)43-28-16-8-19-40-28/h1-6,9-14,27-28H,7-8,15-20H2. The van der Waals surface area contributed by atoms with Gasteiger partial charge in [0.05, 0.1) is 17.6 Å². The molecular formula is C30H30ClN6O7P. The Labute approximate surface area is 262 Å². The highest BCUT2D eigenvalue weighted by Gasteiger charge is 2.68. The predicted octanol–water partition coefficient (Wildman–Crippen LogP) is 5.73. The zero-order valence-electron chi connectivity index (χ0n) is 24.1. The van der Waals surface area contributed by atoms with Crippen molar-refractivity contribution in [1.29, 1.82) is 0 Å². The van der Waals surface area contributed by atoms with Crippen molar-refractivity contribution in [2.45, 2.75) is 56.1 Å². The summed E-state index contributed by atoms with van der Waals surface area (Å²) in [7, 11) is -4.60. The van der Waals surface area contributed by atoms with Gasteiger partial charge < -0.3 is 14.2 Å². The van der Waals surface area contributed by atoms with Gasteiger partial charge in [-0.2, -0.15) is 4.68 Å². The Kier molecular flexibility index (Phi) is 7.46. The van der Waals surface area contributed by atoms with Crippen LogP contribution in [0, 0.1) is 0 Å². The van der Waals surface area contributed by atoms with Crippen LogP contribution in [0.3, 0.4) is 0 Å². The van der Waals surface area contributed by atoms with Crippen LogP contribution in [0.5, 0.6) is 0 Å². The number of halogens is 1. The Bertz CT molecular complexity index is 1870. The second kappa shape index (κ2) is 11.5. The molecule has 13 nitrogen and oxygen atoms in total. The summed E-state index contributed by atoms with van der Waals surface area (Å²) in [4.78, 5) is 0. The summed E-state index contributed by atoms with van der Waals surface area (Å²) in [5, 5.41) is 18.5. The van der Waals surface area contributed by atoms with Crippen LogP contribution in [0.4, 0.5) is 0 Å². The van der Waals surface area contributed by atoms with Crippen molar-refractivity contribution in [3.63, 3.8) is 0 Å². The second-order valence-electron chi connectivity index (χ2n) is 11.1. The third-order valence-corrected chi connectivity index (χ3v) is 10.2. The summed E-state index contributed by atoms with van der Waals surface area (Å²) in [5.74, 6) is -2.09. The Balaban J connectivity index is 1.41. The van der Waals surface area contributed by atoms with Crippen LogP contribution < -0.4 is 0 Å². The normalized spacial score (nSPS) is 28.3. The summed E-state index contributed by atoms with van der Waals surface area (Å²) < 4.78 is 55.5. The van der Waals surface area contributed by atoms with Crippen molar-refractivity contribution in [2.75, 3.05) is 19.8 Å². The van der Waals surface area contributed by atoms with Crippen LogP contribution in [0.2, 0.25) is 5.02 Å². The van der Waals surface area contributed by atoms with E-state index in [-0.39, 0.29) is 13.0 Å². The Morgan fingerprint density at radius 3 is 1.98 bits per heavy atom. The molecule has 4 unspecified atom stereocenters. The molecule has 2 aromatic heterocycles. The maximum absolute atomic E-state index is 15.1. The molecule has 5 aromatic rings. The molecule has 0 saturated carbocycles. The number of aromatic nitrogens is 6. The van der Waals surface area contributed by atoms with Crippen LogP contribution in [0.1, 0.15) is 37.7 Å². The van der Waals surface area contributed by atoms with Gasteiger partial charge in [0.2, 0.25) is 0 Å². The molecule has 0 amide bonds. The minimum atomic E-state index is -4.60. The summed E-state index contributed by atoms with van der Waals surface area (Å²) >= 11 is 7.03. The highest BCUT2D eigenvalue weighted by molar-refractivity contribution is 7.48. The second-order valence-corrected chi connectivity index (χ2v) is 13.0. The molecule has 5 heterocycles. The third-order valence-electron chi connectivity index (χ3n) is 8.45. The number of hydrogen-bond acceptors (Lipinski definition) is 11. The van der Waals surface area contributed by atoms with E-state index in [2.05, 4.69) is 20.6 Å². The number of hydrogen-bond donors (Lipinski definition) is 0. The Morgan fingerprint density at radius 1 is 0.778 bits per heavy atom. The van der Waals surface area contributed by atoms with Gasteiger partial charge in [0.25, 0.3) is 0 Å². The van der Waals surface area contributed by atoms with Gasteiger partial charge in [0.15, 0.2) is 18.1 Å². The molecule has 0 aliphatic carbocycles. The predicted molar refractivity (Wildman–Crippen MR) is 161 cm³/mol. The first-order valence-corrected chi connectivity index (χ1v) is 16.8. The number of rotatable bonds is 9. The summed E-state index contributed by atoms with van der Waals surface area (Å²) in [6.45, 7) is 1.02. The monoisotopic (exact) mass is 652 g/mol. The van der Waals surface area contributed by atoms with E-state index in [9.17, 15) is 0 Å². The van der Waals surface area contributed by atoms with Gasteiger partial charge in [-0.25, -0.2) is 13.8 Å². The molecule has 0 spiro atoms. The molecule has 3 aliphatic heterocycles. The van der Waals surface area contributed by atoms with Gasteiger partial charge in [-0.05, 0) is 43.2 Å². The van der Waals surface area contributed by atoms with E-state index in [0.717, 1.165) is 12.8 Å². The van der Waals surface area contributed by atoms with E-state index in [4.69, 9.17) is 39.4 Å². The van der Waals surface area contributed by atoms with E-state index in [1.54, 1.807) is 10.7 Å². The molecule has 3 fully saturated rings. The topological polar surface area (TPSA) is 134 Å². The fraction of sp³-hybridized carbons (Fsp3) is 0.400. The minimum absolute atomic E-state index is 0.119. The van der Waals surface area contributed by atoms with E-state index in [1.807, 2.05) is 66.7 Å². The third kappa shape index (κ3) is 4.81. The summed E-state index contributed by atoms with van der Waals surface area (Å²) in [5.41, 5.74) is 1.49. The first-order chi connectivity index (χ1) is 22.0. The Hall–Kier alpha value is -3.26. The zero-order chi connectivity index (χ0) is 30.5. The van der Waals surface area contributed by atoms with Crippen molar-refractivity contribution in [1.82, 2.24) is 30.0 Å². The van der Waals surface area contributed by atoms with E-state index in [1.165, 1.54) is 4.68 Å². The van der Waals surface area contributed by atoms with Crippen LogP contribution in [-0.4, -0.2) is 62.4 Å². The number of benzene rings is 3. The number of para-hydroxylation sites is 2. The van der Waals surface area contributed by atoms with Crippen LogP contribution >= 0.6 is 19.4 Å². The number of ether oxygens (including phenoxy) is 3. The lowest BCUT2D eigenvalue weighted by molar-refractivity contribution is -0.276. The Morgan fingerprint density at radius 2 is 1.36 bits per heavy atom. The molecule has 0 N–H and O–H groups in total. The summed E-state index contributed by atoms with van der Waals surface area (Å²) in [6.07, 6.45) is 1.08. The fourth-order valence-corrected chi connectivity index (χ4v) is 8.37. The average molecular weight is 653 g/mol. The van der Waals surface area contributed by atoms with Crippen molar-refractivity contribution in [2.24, 2.45) is 0 Å². The maximum Gasteiger partial charge on any atom is 0.483 e. The highest BCUT2D eigenvalue weighted by Crippen LogP contribution is 2.64. The molecule has 3 aliphatic rings. The van der Waals surface area contributed by atoms with Crippen molar-refractivity contribution < 1.29 is 32.3 Å². The van der Waals surface area contributed by atoms with Crippen molar-refractivity contribution >= 4 is 41.5 Å². The van der Waals surface area contributed by atoms with Gasteiger partial charge in [-0.1, -0.05) is 64.5 Å². The maximum atomic E-state index is 15.1. The largest absolute Gasteiger partial charge is 0.483 e. The molecule has 234 valence electrons. The lowest BCUT2D eigenvalue weighted by Crippen LogP contribution is -2.57. The SMILES string of the molecule is O=P(OC1CCCO1)(OC1CCCO1)OC1(n2nnc3ccccc32)OCCC1(c1ccccc1Cl)n1nnc2ccccc21. The first-order valence-electron chi connectivity index (χ1n) is 14.9. The lowest BCUT2D eigenvalue weighted by Gasteiger charge is -2.44. The van der Waals surface area contributed by atoms with Gasteiger partial charge in [-0.15, -0.1) is 10.2 Å². The first kappa shape index (κ1) is 29.2. The zero-order valence-corrected chi connectivity index (χ0v) is 25.8. The lowest BCUT2D eigenvalue weighted by atomic mass is 9.84. The van der Waals surface area contributed by atoms with Crippen LogP contribution in [0.15, 0.2) is 72.8 Å². The molecule has 0 radical (unpaired) electrons. The summed E-state index contributed by atoms with van der Waals surface area (Å²) in [6, 6.07) is 22.2. The van der Waals surface area contributed by atoms with Gasteiger partial charge in [-0.3, -0.25) is 9.05 Å². The van der Waals surface area contributed by atoms with Crippen molar-refractivity contribution in [3.8, 4) is 0 Å². The molecule has 0 bridgehead atoms. The van der Waals surface area contributed by atoms with Gasteiger partial charge >= 0.3 is 13.7 Å². The molecule has 3 saturated heterocycles. The molecule has 8 rings (SSSR count). The smallest absolute Gasteiger partial charge is 0.352 e. The molecular weight excluding hydrogens is 623 g/mol. The fourth-order valence-electron chi connectivity index (χ4n) is 6.45. The van der Waals surface area contributed by atoms with E-state index >= 15 is 4.57 Å².